The lowest BCUT2D eigenvalue weighted by Gasteiger charge is -2.28. The van der Waals surface area contributed by atoms with Gasteiger partial charge in [0.25, 0.3) is 11.8 Å². The number of hydrogen-bond acceptors (Lipinski definition) is 4. The number of nitrogens with zero attached hydrogens (tertiary/aromatic N) is 1. The Morgan fingerprint density at radius 1 is 1.07 bits per heavy atom. The van der Waals surface area contributed by atoms with Gasteiger partial charge in [-0.15, -0.1) is 0 Å². The Morgan fingerprint density at radius 3 is 2.52 bits per heavy atom. The van der Waals surface area contributed by atoms with Crippen molar-refractivity contribution in [3.63, 3.8) is 0 Å². The fourth-order valence-electron chi connectivity index (χ4n) is 3.36. The molecule has 2 aromatic carbocycles. The van der Waals surface area contributed by atoms with Gasteiger partial charge in [0.2, 0.25) is 0 Å². The summed E-state index contributed by atoms with van der Waals surface area (Å²) in [5, 5.41) is 3.04. The summed E-state index contributed by atoms with van der Waals surface area (Å²) in [6, 6.07) is 17.2. The summed E-state index contributed by atoms with van der Waals surface area (Å²) in [6.45, 7) is 2.42. The smallest absolute Gasteiger partial charge is 0.255 e. The highest BCUT2D eigenvalue weighted by atomic mass is 16.5. The molecular weight excluding hydrogens is 342 g/mol. The summed E-state index contributed by atoms with van der Waals surface area (Å²) >= 11 is 0. The average molecular weight is 367 g/mol. The van der Waals surface area contributed by atoms with E-state index in [0.717, 1.165) is 13.1 Å². The predicted molar refractivity (Wildman–Crippen MR) is 103 cm³/mol. The Morgan fingerprint density at radius 2 is 1.81 bits per heavy atom. The van der Waals surface area contributed by atoms with Crippen LogP contribution in [0.25, 0.3) is 0 Å². The molecule has 1 unspecified atom stereocenters. The zero-order valence-corrected chi connectivity index (χ0v) is 15.3. The molecule has 1 heterocycles. The Balaban J connectivity index is 1.65. The number of hydrogen-bond donors (Lipinski definition) is 2. The third-order valence-corrected chi connectivity index (χ3v) is 4.70. The quantitative estimate of drug-likeness (QED) is 0.748. The third-order valence-electron chi connectivity index (χ3n) is 4.70. The molecule has 2 aromatic rings. The first-order valence-electron chi connectivity index (χ1n) is 9.22. The van der Waals surface area contributed by atoms with E-state index < -0.39 is 5.91 Å². The van der Waals surface area contributed by atoms with E-state index in [1.165, 1.54) is 18.4 Å². The topological polar surface area (TPSA) is 84.7 Å². The molecule has 1 saturated heterocycles. The van der Waals surface area contributed by atoms with Crippen LogP contribution in [-0.4, -0.2) is 43.0 Å². The molecule has 0 saturated carbocycles. The van der Waals surface area contributed by atoms with Crippen LogP contribution in [-0.2, 0) is 4.79 Å². The van der Waals surface area contributed by atoms with Crippen LogP contribution in [0.4, 0.5) is 0 Å². The van der Waals surface area contributed by atoms with Crippen LogP contribution in [0.15, 0.2) is 54.6 Å². The molecule has 0 spiro atoms. The first kappa shape index (κ1) is 18.9. The molecule has 1 atom stereocenters. The summed E-state index contributed by atoms with van der Waals surface area (Å²) in [6.07, 6.45) is 2.38. The zero-order valence-electron chi connectivity index (χ0n) is 15.3. The highest BCUT2D eigenvalue weighted by molar-refractivity contribution is 5.94. The third kappa shape index (κ3) is 5.31. The van der Waals surface area contributed by atoms with Crippen molar-refractivity contribution < 1.29 is 14.3 Å². The fourth-order valence-corrected chi connectivity index (χ4v) is 3.36. The second-order valence-corrected chi connectivity index (χ2v) is 6.66. The van der Waals surface area contributed by atoms with E-state index in [-0.39, 0.29) is 18.6 Å². The lowest BCUT2D eigenvalue weighted by atomic mass is 10.1. The molecule has 0 aromatic heterocycles. The van der Waals surface area contributed by atoms with Crippen molar-refractivity contribution in [3.05, 3.63) is 65.7 Å². The van der Waals surface area contributed by atoms with Gasteiger partial charge in [0, 0.05) is 12.1 Å². The molecule has 3 rings (SSSR count). The zero-order chi connectivity index (χ0) is 19.1. The van der Waals surface area contributed by atoms with Crippen molar-refractivity contribution in [2.75, 3.05) is 26.2 Å². The van der Waals surface area contributed by atoms with Crippen molar-refractivity contribution in [3.8, 4) is 5.75 Å². The van der Waals surface area contributed by atoms with Crippen molar-refractivity contribution >= 4 is 11.8 Å². The number of likely N-dealkylation sites (tertiary alicyclic amines) is 1. The molecule has 3 N–H and O–H groups in total. The predicted octanol–water partition coefficient (Wildman–Crippen LogP) is 2.12. The molecule has 6 heteroatoms. The first-order valence-corrected chi connectivity index (χ1v) is 9.22. The molecule has 1 fully saturated rings. The van der Waals surface area contributed by atoms with Gasteiger partial charge in [0.1, 0.15) is 5.75 Å². The second kappa shape index (κ2) is 9.19. The maximum Gasteiger partial charge on any atom is 0.255 e. The van der Waals surface area contributed by atoms with Crippen LogP contribution < -0.4 is 15.8 Å². The number of rotatable bonds is 8. The number of carbonyl (C=O) groups excluding carboxylic acids is 2. The SMILES string of the molecule is NC(=O)COc1cccc(C(=O)NCC(c2ccccc2)N2CCCC2)c1. The number of carbonyl (C=O) groups is 2. The Kier molecular flexibility index (Phi) is 6.44. The summed E-state index contributed by atoms with van der Waals surface area (Å²) in [4.78, 5) is 25.9. The number of amides is 2. The number of nitrogens with two attached hydrogens (primary N) is 1. The van der Waals surface area contributed by atoms with Crippen LogP contribution in [0.3, 0.4) is 0 Å². The molecule has 2 amide bonds. The van der Waals surface area contributed by atoms with Crippen LogP contribution in [0.2, 0.25) is 0 Å². The van der Waals surface area contributed by atoms with Crippen molar-refractivity contribution in [2.45, 2.75) is 18.9 Å². The normalized spacial score (nSPS) is 15.3. The molecule has 1 aliphatic rings. The van der Waals surface area contributed by atoms with Crippen molar-refractivity contribution in [2.24, 2.45) is 5.73 Å². The van der Waals surface area contributed by atoms with E-state index in [9.17, 15) is 9.59 Å². The highest BCUT2D eigenvalue weighted by Gasteiger charge is 2.24. The maximum absolute atomic E-state index is 12.6. The van der Waals surface area contributed by atoms with Crippen molar-refractivity contribution in [1.29, 1.82) is 0 Å². The van der Waals surface area contributed by atoms with E-state index in [1.54, 1.807) is 24.3 Å². The maximum atomic E-state index is 12.6. The van der Waals surface area contributed by atoms with Gasteiger partial charge < -0.3 is 15.8 Å². The lowest BCUT2D eigenvalue weighted by molar-refractivity contribution is -0.119. The largest absolute Gasteiger partial charge is 0.484 e. The fraction of sp³-hybridized carbons (Fsp3) is 0.333. The minimum Gasteiger partial charge on any atom is -0.484 e. The number of benzene rings is 2. The summed E-state index contributed by atoms with van der Waals surface area (Å²) in [5.74, 6) is -0.276. The van der Waals surface area contributed by atoms with Crippen LogP contribution in [0.1, 0.15) is 34.8 Å². The lowest BCUT2D eigenvalue weighted by Crippen LogP contribution is -2.36. The summed E-state index contributed by atoms with van der Waals surface area (Å²) in [5.41, 5.74) is 6.78. The average Bonchev–Trinajstić information content (AvgIpc) is 3.22. The minimum absolute atomic E-state index is 0.159. The summed E-state index contributed by atoms with van der Waals surface area (Å²) < 4.78 is 5.27. The Labute approximate surface area is 159 Å². The first-order chi connectivity index (χ1) is 13.1. The van der Waals surface area contributed by atoms with E-state index in [2.05, 4.69) is 22.3 Å². The molecule has 6 nitrogen and oxygen atoms in total. The minimum atomic E-state index is -0.554. The molecule has 0 aliphatic carbocycles. The molecule has 0 radical (unpaired) electrons. The van der Waals surface area contributed by atoms with Gasteiger partial charge in [-0.3, -0.25) is 14.5 Å². The van der Waals surface area contributed by atoms with Crippen LogP contribution in [0.5, 0.6) is 5.75 Å². The van der Waals surface area contributed by atoms with Gasteiger partial charge in [-0.1, -0.05) is 36.4 Å². The van der Waals surface area contributed by atoms with Crippen molar-refractivity contribution in [1.82, 2.24) is 10.2 Å². The summed E-state index contributed by atoms with van der Waals surface area (Å²) in [7, 11) is 0. The van der Waals surface area contributed by atoms with E-state index >= 15 is 0 Å². The monoisotopic (exact) mass is 367 g/mol. The van der Waals surface area contributed by atoms with Crippen LogP contribution >= 0.6 is 0 Å². The number of primary amides is 1. The Hall–Kier alpha value is -2.86. The van der Waals surface area contributed by atoms with Gasteiger partial charge in [-0.05, 0) is 49.7 Å². The molecular formula is C21H25N3O3. The van der Waals surface area contributed by atoms with Gasteiger partial charge in [-0.2, -0.15) is 0 Å². The van der Waals surface area contributed by atoms with E-state index in [0.29, 0.717) is 17.9 Å². The molecule has 27 heavy (non-hydrogen) atoms. The van der Waals surface area contributed by atoms with Crippen LogP contribution in [0, 0.1) is 0 Å². The van der Waals surface area contributed by atoms with Gasteiger partial charge in [-0.25, -0.2) is 0 Å². The second-order valence-electron chi connectivity index (χ2n) is 6.66. The van der Waals surface area contributed by atoms with E-state index in [1.807, 2.05) is 18.2 Å². The van der Waals surface area contributed by atoms with E-state index in [4.69, 9.17) is 10.5 Å². The molecule has 0 bridgehead atoms. The Bertz CT molecular complexity index is 773. The highest BCUT2D eigenvalue weighted by Crippen LogP contribution is 2.24. The standard InChI is InChI=1S/C21H25N3O3/c22-20(25)15-27-18-10-6-9-17(13-18)21(26)23-14-19(24-11-4-5-12-24)16-7-2-1-3-8-16/h1-3,6-10,13,19H,4-5,11-12,14-15H2,(H2,22,25)(H,23,26). The van der Waals surface area contributed by atoms with Gasteiger partial charge >= 0.3 is 0 Å². The number of ether oxygens (including phenoxy) is 1. The molecule has 1 aliphatic heterocycles. The number of nitrogens with one attached hydrogen (secondary N) is 1. The van der Waals surface area contributed by atoms with Gasteiger partial charge in [0.15, 0.2) is 6.61 Å². The van der Waals surface area contributed by atoms with Gasteiger partial charge in [0.05, 0.1) is 6.04 Å². The molecule has 142 valence electrons.